The number of carbonyl (C=O) groups is 1. The molecule has 0 aliphatic carbocycles. The fourth-order valence-electron chi connectivity index (χ4n) is 1.45. The second kappa shape index (κ2) is 8.77. The van der Waals surface area contributed by atoms with E-state index in [0.717, 1.165) is 11.3 Å². The number of carbonyl (C=O) groups excluding carboxylic acids is 1. The van der Waals surface area contributed by atoms with Crippen LogP contribution in [0.2, 0.25) is 0 Å². The highest BCUT2D eigenvalue weighted by Gasteiger charge is 2.14. The average molecular weight is 287 g/mol. The Labute approximate surface area is 121 Å². The fourth-order valence-corrected chi connectivity index (χ4v) is 1.45. The first-order valence-electron chi connectivity index (χ1n) is 6.21. The lowest BCUT2D eigenvalue weighted by Gasteiger charge is -2.17. The van der Waals surface area contributed by atoms with Crippen LogP contribution >= 0.6 is 12.4 Å². The van der Waals surface area contributed by atoms with E-state index in [1.807, 2.05) is 45.2 Å². The summed E-state index contributed by atoms with van der Waals surface area (Å²) < 4.78 is 5.59. The van der Waals surface area contributed by atoms with Crippen molar-refractivity contribution in [3.63, 3.8) is 0 Å². The molecule has 1 rings (SSSR count). The van der Waals surface area contributed by atoms with Crippen molar-refractivity contribution in [3.8, 4) is 5.75 Å². The topological polar surface area (TPSA) is 50.4 Å². The molecule has 1 amide bonds. The van der Waals surface area contributed by atoms with Crippen molar-refractivity contribution >= 4 is 18.3 Å². The van der Waals surface area contributed by atoms with E-state index in [1.54, 1.807) is 6.92 Å². The second-order valence-electron chi connectivity index (χ2n) is 4.51. The molecule has 0 saturated heterocycles. The molecule has 2 atom stereocenters. The standard InChI is InChI=1S/C14H22N2O2.ClH/c1-10-6-5-7-13(8-10)18-12(3)14(17)16-9-11(2)15-4;/h5-8,11-12,15H,9H2,1-4H3,(H,16,17);1H. The van der Waals surface area contributed by atoms with E-state index in [2.05, 4.69) is 10.6 Å². The number of amides is 1. The molecular formula is C14H23ClN2O2. The van der Waals surface area contributed by atoms with Crippen LogP contribution in [0.25, 0.3) is 0 Å². The normalized spacial score (nSPS) is 13.1. The lowest BCUT2D eigenvalue weighted by atomic mass is 10.2. The van der Waals surface area contributed by atoms with Gasteiger partial charge < -0.3 is 15.4 Å². The molecule has 1 aromatic rings. The summed E-state index contributed by atoms with van der Waals surface area (Å²) in [6.07, 6.45) is -0.490. The van der Waals surface area contributed by atoms with Crippen LogP contribution in [0.1, 0.15) is 19.4 Å². The summed E-state index contributed by atoms with van der Waals surface area (Å²) in [5.41, 5.74) is 1.11. The summed E-state index contributed by atoms with van der Waals surface area (Å²) in [5, 5.41) is 5.90. The van der Waals surface area contributed by atoms with Crippen molar-refractivity contribution < 1.29 is 9.53 Å². The maximum Gasteiger partial charge on any atom is 0.260 e. The maximum atomic E-state index is 11.8. The van der Waals surface area contributed by atoms with Gasteiger partial charge >= 0.3 is 0 Å². The number of nitrogens with one attached hydrogen (secondary N) is 2. The van der Waals surface area contributed by atoms with Crippen molar-refractivity contribution in [2.75, 3.05) is 13.6 Å². The van der Waals surface area contributed by atoms with Gasteiger partial charge in [-0.2, -0.15) is 0 Å². The number of aryl methyl sites for hydroxylation is 1. The number of ether oxygens (including phenoxy) is 1. The Morgan fingerprint density at radius 2 is 2.05 bits per heavy atom. The average Bonchev–Trinajstić information content (AvgIpc) is 2.35. The fraction of sp³-hybridized carbons (Fsp3) is 0.500. The van der Waals surface area contributed by atoms with Gasteiger partial charge in [0.2, 0.25) is 0 Å². The lowest BCUT2D eigenvalue weighted by molar-refractivity contribution is -0.127. The van der Waals surface area contributed by atoms with Gasteiger partial charge in [-0.1, -0.05) is 12.1 Å². The SMILES string of the molecule is CNC(C)CNC(=O)C(C)Oc1cccc(C)c1.Cl. The molecule has 108 valence electrons. The zero-order valence-electron chi connectivity index (χ0n) is 11.9. The van der Waals surface area contributed by atoms with Crippen molar-refractivity contribution in [1.29, 1.82) is 0 Å². The summed E-state index contributed by atoms with van der Waals surface area (Å²) >= 11 is 0. The number of rotatable bonds is 6. The van der Waals surface area contributed by atoms with Crippen molar-refractivity contribution in [1.82, 2.24) is 10.6 Å². The van der Waals surface area contributed by atoms with E-state index in [-0.39, 0.29) is 24.4 Å². The molecule has 2 N–H and O–H groups in total. The van der Waals surface area contributed by atoms with Crippen molar-refractivity contribution in [3.05, 3.63) is 29.8 Å². The summed E-state index contributed by atoms with van der Waals surface area (Å²) in [5.74, 6) is 0.623. The van der Waals surface area contributed by atoms with Crippen LogP contribution in [-0.2, 0) is 4.79 Å². The minimum absolute atomic E-state index is 0. The van der Waals surface area contributed by atoms with Gasteiger partial charge in [-0.25, -0.2) is 0 Å². The monoisotopic (exact) mass is 286 g/mol. The Morgan fingerprint density at radius 3 is 2.63 bits per heavy atom. The van der Waals surface area contributed by atoms with Crippen LogP contribution in [0.15, 0.2) is 24.3 Å². The summed E-state index contributed by atoms with van der Waals surface area (Å²) in [4.78, 5) is 11.8. The Morgan fingerprint density at radius 1 is 1.37 bits per heavy atom. The molecule has 0 bridgehead atoms. The molecule has 1 aromatic carbocycles. The number of hydrogen-bond acceptors (Lipinski definition) is 3. The van der Waals surface area contributed by atoms with Gasteiger partial charge in [0.05, 0.1) is 0 Å². The van der Waals surface area contributed by atoms with Gasteiger partial charge in [0.1, 0.15) is 5.75 Å². The zero-order valence-corrected chi connectivity index (χ0v) is 12.7. The first-order chi connectivity index (χ1) is 8.52. The maximum absolute atomic E-state index is 11.8. The molecular weight excluding hydrogens is 264 g/mol. The van der Waals surface area contributed by atoms with Crippen LogP contribution in [-0.4, -0.2) is 31.6 Å². The van der Waals surface area contributed by atoms with Gasteiger partial charge in [0.25, 0.3) is 5.91 Å². The Hall–Kier alpha value is -1.26. The van der Waals surface area contributed by atoms with Crippen LogP contribution in [0.4, 0.5) is 0 Å². The Bertz CT molecular complexity index is 399. The number of likely N-dealkylation sites (N-methyl/N-ethyl adjacent to an activating group) is 1. The molecule has 2 unspecified atom stereocenters. The van der Waals surface area contributed by atoms with E-state index in [4.69, 9.17) is 4.74 Å². The van der Waals surface area contributed by atoms with Gasteiger partial charge in [0.15, 0.2) is 6.10 Å². The Kier molecular flexibility index (Phi) is 8.19. The highest BCUT2D eigenvalue weighted by atomic mass is 35.5. The first kappa shape index (κ1) is 17.7. The molecule has 0 aliphatic heterocycles. The molecule has 0 fully saturated rings. The number of halogens is 1. The number of benzene rings is 1. The van der Waals surface area contributed by atoms with E-state index in [9.17, 15) is 4.79 Å². The van der Waals surface area contributed by atoms with Crippen LogP contribution < -0.4 is 15.4 Å². The second-order valence-corrected chi connectivity index (χ2v) is 4.51. The van der Waals surface area contributed by atoms with Gasteiger partial charge in [-0.3, -0.25) is 4.79 Å². The molecule has 0 saturated carbocycles. The van der Waals surface area contributed by atoms with Crippen LogP contribution in [0.5, 0.6) is 5.75 Å². The van der Waals surface area contributed by atoms with Crippen LogP contribution in [0, 0.1) is 6.92 Å². The first-order valence-corrected chi connectivity index (χ1v) is 6.21. The van der Waals surface area contributed by atoms with Crippen molar-refractivity contribution in [2.24, 2.45) is 0 Å². The van der Waals surface area contributed by atoms with Gasteiger partial charge in [-0.15, -0.1) is 12.4 Å². The highest BCUT2D eigenvalue weighted by Crippen LogP contribution is 2.14. The van der Waals surface area contributed by atoms with E-state index in [0.29, 0.717) is 6.54 Å². The van der Waals surface area contributed by atoms with E-state index in [1.165, 1.54) is 0 Å². The minimum Gasteiger partial charge on any atom is -0.481 e. The molecule has 0 spiro atoms. The van der Waals surface area contributed by atoms with E-state index < -0.39 is 6.10 Å². The minimum atomic E-state index is -0.490. The smallest absolute Gasteiger partial charge is 0.260 e. The third kappa shape index (κ3) is 6.45. The molecule has 0 heterocycles. The molecule has 0 radical (unpaired) electrons. The zero-order chi connectivity index (χ0) is 13.5. The van der Waals surface area contributed by atoms with Gasteiger partial charge in [-0.05, 0) is 45.5 Å². The van der Waals surface area contributed by atoms with Gasteiger partial charge in [0, 0.05) is 12.6 Å². The quantitative estimate of drug-likeness (QED) is 0.840. The molecule has 19 heavy (non-hydrogen) atoms. The molecule has 4 nitrogen and oxygen atoms in total. The van der Waals surface area contributed by atoms with E-state index >= 15 is 0 Å². The lowest BCUT2D eigenvalue weighted by Crippen LogP contribution is -2.42. The Balaban J connectivity index is 0.00000324. The van der Waals surface area contributed by atoms with Crippen molar-refractivity contribution in [2.45, 2.75) is 32.9 Å². The summed E-state index contributed by atoms with van der Waals surface area (Å²) in [6.45, 7) is 6.34. The van der Waals surface area contributed by atoms with Crippen LogP contribution in [0.3, 0.4) is 0 Å². The molecule has 5 heteroatoms. The molecule has 0 aromatic heterocycles. The predicted octanol–water partition coefficient (Wildman–Crippen LogP) is 1.91. The third-order valence-corrected chi connectivity index (χ3v) is 2.75. The predicted molar refractivity (Wildman–Crippen MR) is 80.0 cm³/mol. The summed E-state index contributed by atoms with van der Waals surface area (Å²) in [6, 6.07) is 7.93. The third-order valence-electron chi connectivity index (χ3n) is 2.75. The highest BCUT2D eigenvalue weighted by molar-refractivity contribution is 5.85. The number of hydrogen-bond donors (Lipinski definition) is 2. The molecule has 0 aliphatic rings. The largest absolute Gasteiger partial charge is 0.481 e. The summed E-state index contributed by atoms with van der Waals surface area (Å²) in [7, 11) is 1.86.